The van der Waals surface area contributed by atoms with Gasteiger partial charge in [-0.2, -0.15) is 0 Å². The molecule has 0 aliphatic heterocycles. The van der Waals surface area contributed by atoms with Crippen molar-refractivity contribution in [2.75, 3.05) is 42.7 Å². The number of hydrogen-bond donors (Lipinski definition) is 0. The first-order valence-corrected chi connectivity index (χ1v) is 13.0. The molecular weight excluding hydrogens is 504 g/mol. The Balaban J connectivity index is 1.83. The quantitative estimate of drug-likeness (QED) is 0.225. The number of methoxy groups -OCH3 is 6. The normalized spacial score (nSPS) is 16.8. The van der Waals surface area contributed by atoms with Crippen LogP contribution in [0.5, 0.6) is 34.5 Å². The molecule has 0 heterocycles. The largest absolute Gasteiger partial charge is 0.497 e. The molecule has 6 nitrogen and oxygen atoms in total. The lowest BCUT2D eigenvalue weighted by atomic mass is 9.79. The van der Waals surface area contributed by atoms with Crippen molar-refractivity contribution in [1.29, 1.82) is 0 Å². The van der Waals surface area contributed by atoms with Crippen LogP contribution < -0.4 is 28.4 Å². The Hall–Kier alpha value is -4.58. The van der Waals surface area contributed by atoms with Crippen LogP contribution >= 0.6 is 0 Å². The third-order valence-electron chi connectivity index (χ3n) is 7.51. The van der Waals surface area contributed by atoms with E-state index in [1.165, 1.54) is 0 Å². The molecule has 0 saturated carbocycles. The van der Waals surface area contributed by atoms with Crippen LogP contribution in [0.15, 0.2) is 78.9 Å². The second-order valence-corrected chi connectivity index (χ2v) is 9.54. The highest BCUT2D eigenvalue weighted by Gasteiger charge is 2.41. The van der Waals surface area contributed by atoms with Crippen LogP contribution in [0.1, 0.15) is 39.7 Å². The fourth-order valence-electron chi connectivity index (χ4n) is 5.56. The summed E-state index contributed by atoms with van der Waals surface area (Å²) in [7, 11) is 10.1. The number of rotatable bonds is 9. The van der Waals surface area contributed by atoms with E-state index in [0.29, 0.717) is 0 Å². The molecule has 6 heteroatoms. The van der Waals surface area contributed by atoms with Gasteiger partial charge in [-0.3, -0.25) is 0 Å². The summed E-state index contributed by atoms with van der Waals surface area (Å²) in [5.41, 5.74) is 6.55. The molecule has 0 unspecified atom stereocenters. The topological polar surface area (TPSA) is 55.4 Å². The zero-order chi connectivity index (χ0) is 28.2. The van der Waals surface area contributed by atoms with Gasteiger partial charge >= 0.3 is 0 Å². The van der Waals surface area contributed by atoms with E-state index in [0.717, 1.165) is 67.9 Å². The van der Waals surface area contributed by atoms with Gasteiger partial charge in [0.05, 0.1) is 42.7 Å². The molecule has 1 aliphatic rings. The third kappa shape index (κ3) is 5.05. The van der Waals surface area contributed by atoms with Gasteiger partial charge in [0, 0.05) is 29.5 Å². The van der Waals surface area contributed by atoms with Crippen molar-refractivity contribution in [2.45, 2.75) is 11.8 Å². The Morgan fingerprint density at radius 1 is 0.475 bits per heavy atom. The Morgan fingerprint density at radius 3 is 1.52 bits per heavy atom. The maximum atomic E-state index is 6.00. The molecule has 4 aromatic carbocycles. The van der Waals surface area contributed by atoms with Gasteiger partial charge in [0.25, 0.3) is 0 Å². The summed E-state index contributed by atoms with van der Waals surface area (Å²) in [5.74, 6) is 4.42. The van der Waals surface area contributed by atoms with E-state index < -0.39 is 0 Å². The van der Waals surface area contributed by atoms with Crippen molar-refractivity contribution in [2.24, 2.45) is 0 Å². The van der Waals surface area contributed by atoms with E-state index in [1.807, 2.05) is 36.4 Å². The number of benzene rings is 4. The molecule has 0 N–H and O–H groups in total. The summed E-state index contributed by atoms with van der Waals surface area (Å²) < 4.78 is 34.0. The lowest BCUT2D eigenvalue weighted by Crippen LogP contribution is -2.09. The van der Waals surface area contributed by atoms with Crippen molar-refractivity contribution in [3.8, 4) is 34.5 Å². The molecule has 206 valence electrons. The lowest BCUT2D eigenvalue weighted by Gasteiger charge is -2.25. The molecule has 40 heavy (non-hydrogen) atoms. The van der Waals surface area contributed by atoms with E-state index in [1.54, 1.807) is 42.7 Å². The van der Waals surface area contributed by atoms with Gasteiger partial charge in [0.2, 0.25) is 0 Å². The lowest BCUT2D eigenvalue weighted by molar-refractivity contribution is 0.389. The summed E-state index contributed by atoms with van der Waals surface area (Å²) in [4.78, 5) is 0. The molecule has 0 spiro atoms. The van der Waals surface area contributed by atoms with Gasteiger partial charge in [-0.15, -0.1) is 0 Å². The molecule has 1 aliphatic carbocycles. The van der Waals surface area contributed by atoms with Crippen LogP contribution in [0, 0.1) is 0 Å². The third-order valence-corrected chi connectivity index (χ3v) is 7.51. The Labute approximate surface area is 235 Å². The summed E-state index contributed by atoms with van der Waals surface area (Å²) in [5, 5.41) is 0. The summed E-state index contributed by atoms with van der Waals surface area (Å²) in [6, 6.07) is 26.4. The Bertz CT molecular complexity index is 1480. The predicted octanol–water partition coefficient (Wildman–Crippen LogP) is 7.21. The first-order chi connectivity index (χ1) is 19.5. The van der Waals surface area contributed by atoms with Crippen molar-refractivity contribution in [3.63, 3.8) is 0 Å². The average molecular weight is 539 g/mol. The van der Waals surface area contributed by atoms with Gasteiger partial charge in [-0.1, -0.05) is 30.3 Å². The Kier molecular flexibility index (Phi) is 7.87. The van der Waals surface area contributed by atoms with Crippen LogP contribution in [0.25, 0.3) is 11.6 Å². The van der Waals surface area contributed by atoms with Crippen LogP contribution in [-0.2, 0) is 0 Å². The summed E-state index contributed by atoms with van der Waals surface area (Å²) in [6.45, 7) is 0. The first-order valence-electron chi connectivity index (χ1n) is 13.0. The summed E-state index contributed by atoms with van der Waals surface area (Å²) >= 11 is 0. The summed E-state index contributed by atoms with van der Waals surface area (Å²) in [6.07, 6.45) is 2.23. The van der Waals surface area contributed by atoms with Gasteiger partial charge in [-0.05, 0) is 70.3 Å². The van der Waals surface area contributed by atoms with Crippen LogP contribution in [0.2, 0.25) is 0 Å². The monoisotopic (exact) mass is 538 g/mol. The van der Waals surface area contributed by atoms with E-state index in [-0.39, 0.29) is 11.8 Å². The fourth-order valence-corrected chi connectivity index (χ4v) is 5.56. The predicted molar refractivity (Wildman–Crippen MR) is 158 cm³/mol. The zero-order valence-corrected chi connectivity index (χ0v) is 23.7. The molecule has 5 rings (SSSR count). The van der Waals surface area contributed by atoms with Crippen LogP contribution in [0.4, 0.5) is 0 Å². The van der Waals surface area contributed by atoms with Crippen LogP contribution in [0.3, 0.4) is 0 Å². The molecule has 0 bridgehead atoms. The smallest absolute Gasteiger partial charge is 0.127 e. The molecule has 2 atom stereocenters. The maximum absolute atomic E-state index is 6.00. The molecule has 0 amide bonds. The van der Waals surface area contributed by atoms with E-state index >= 15 is 0 Å². The van der Waals surface area contributed by atoms with Gasteiger partial charge in [0.15, 0.2) is 0 Å². The second-order valence-electron chi connectivity index (χ2n) is 9.54. The molecule has 0 fully saturated rings. The average Bonchev–Trinajstić information content (AvgIpc) is 3.34. The number of fused-ring (bicyclic) bond motifs is 1. The number of allylic oxidation sites excluding steroid dienone is 1. The van der Waals surface area contributed by atoms with Crippen molar-refractivity contribution in [3.05, 3.63) is 107 Å². The molecule has 4 aromatic rings. The van der Waals surface area contributed by atoms with Crippen molar-refractivity contribution < 1.29 is 28.4 Å². The second kappa shape index (κ2) is 11.7. The zero-order valence-electron chi connectivity index (χ0n) is 23.7. The highest BCUT2D eigenvalue weighted by atomic mass is 16.5. The first kappa shape index (κ1) is 27.0. The maximum Gasteiger partial charge on any atom is 0.127 e. The molecule has 0 radical (unpaired) electrons. The van der Waals surface area contributed by atoms with Crippen molar-refractivity contribution in [1.82, 2.24) is 0 Å². The Morgan fingerprint density at radius 2 is 1.00 bits per heavy atom. The molecular formula is C34H34O6. The fraction of sp³-hybridized carbons (Fsp3) is 0.235. The number of ether oxygens (including phenoxy) is 6. The van der Waals surface area contributed by atoms with Gasteiger partial charge in [0.1, 0.15) is 34.5 Å². The van der Waals surface area contributed by atoms with E-state index in [9.17, 15) is 0 Å². The minimum absolute atomic E-state index is 0.0666. The van der Waals surface area contributed by atoms with E-state index in [2.05, 4.69) is 48.5 Å². The van der Waals surface area contributed by atoms with Gasteiger partial charge < -0.3 is 28.4 Å². The molecule has 0 aromatic heterocycles. The van der Waals surface area contributed by atoms with Crippen molar-refractivity contribution >= 4 is 11.6 Å². The minimum atomic E-state index is -0.0875. The van der Waals surface area contributed by atoms with Gasteiger partial charge in [-0.25, -0.2) is 0 Å². The molecule has 0 saturated heterocycles. The minimum Gasteiger partial charge on any atom is -0.497 e. The highest BCUT2D eigenvalue weighted by Crippen LogP contribution is 2.59. The van der Waals surface area contributed by atoms with Crippen LogP contribution in [-0.4, -0.2) is 42.7 Å². The number of hydrogen-bond acceptors (Lipinski definition) is 6. The highest BCUT2D eigenvalue weighted by molar-refractivity contribution is 5.93. The standard InChI is InChI=1S/C34H34O6/c1-35-24-11-7-21(8-12-24)15-29-30-19-28(39-5)20-31(40-6)34(30)33(22-9-13-25(36-2)14-10-22)32(29)23-16-26(37-3)18-27(17-23)38-4/h7-20,32-33H,1-6H3/b29-15-/t32-,33+/m0/s1. The SMILES string of the molecule is COc1ccc(/C=C2/c3cc(OC)cc(OC)c3[C@H](c3ccc(OC)cc3)[C@H]2c2cc(OC)cc(OC)c2)cc1. The van der Waals surface area contributed by atoms with E-state index in [4.69, 9.17) is 28.4 Å².